The van der Waals surface area contributed by atoms with Gasteiger partial charge >= 0.3 is 0 Å². The summed E-state index contributed by atoms with van der Waals surface area (Å²) < 4.78 is 18.7. The summed E-state index contributed by atoms with van der Waals surface area (Å²) in [5.41, 5.74) is 0. The Kier molecular flexibility index (Phi) is 5.38. The van der Waals surface area contributed by atoms with Gasteiger partial charge in [0.1, 0.15) is 23.8 Å². The molecule has 2 N–H and O–H groups in total. The normalized spacial score (nSPS) is 26.8. The van der Waals surface area contributed by atoms with Crippen LogP contribution in [0.2, 0.25) is 0 Å². The number of nitrogens with one attached hydrogen (secondary N) is 1. The molecule has 4 heteroatoms. The second kappa shape index (κ2) is 7.04. The maximum Gasteiger partial charge on any atom is 0.126 e. The fourth-order valence-corrected chi connectivity index (χ4v) is 2.57. The lowest BCUT2D eigenvalue weighted by Gasteiger charge is -2.35. The van der Waals surface area contributed by atoms with Gasteiger partial charge in [0.25, 0.3) is 0 Å². The van der Waals surface area contributed by atoms with E-state index in [9.17, 15) is 9.50 Å². The van der Waals surface area contributed by atoms with Crippen LogP contribution < -0.4 is 10.1 Å². The number of hydrogen-bond donors (Lipinski definition) is 2. The van der Waals surface area contributed by atoms with Gasteiger partial charge in [0.05, 0.1) is 0 Å². The predicted molar refractivity (Wildman–Crippen MR) is 77.3 cm³/mol. The first-order valence-electron chi connectivity index (χ1n) is 7.40. The van der Waals surface area contributed by atoms with Gasteiger partial charge in [0, 0.05) is 6.04 Å². The van der Waals surface area contributed by atoms with Crippen LogP contribution in [0.1, 0.15) is 33.1 Å². The standard InChI is InChI=1S/C16H24FNO2/c1-11(2)10-18-14-4-3-5-15(16(14)19)20-13-8-6-12(17)7-9-13/h6-9,11,14-16,18-19H,3-5,10H2,1-2H3/t14-,15+,16+/m0/s1. The lowest BCUT2D eigenvalue weighted by atomic mass is 9.89. The van der Waals surface area contributed by atoms with Gasteiger partial charge in [0.2, 0.25) is 0 Å². The molecule has 0 bridgehead atoms. The van der Waals surface area contributed by atoms with Gasteiger partial charge in [-0.3, -0.25) is 0 Å². The fraction of sp³-hybridized carbons (Fsp3) is 0.625. The Hall–Kier alpha value is -1.13. The lowest BCUT2D eigenvalue weighted by molar-refractivity contribution is -0.0158. The first kappa shape index (κ1) is 15.3. The molecule has 1 saturated carbocycles. The molecule has 1 aliphatic carbocycles. The molecule has 0 amide bonds. The van der Waals surface area contributed by atoms with Gasteiger partial charge in [-0.15, -0.1) is 0 Å². The minimum absolute atomic E-state index is 0.0802. The molecule has 0 radical (unpaired) electrons. The number of hydrogen-bond acceptors (Lipinski definition) is 3. The Balaban J connectivity index is 1.92. The van der Waals surface area contributed by atoms with E-state index in [4.69, 9.17) is 4.74 Å². The van der Waals surface area contributed by atoms with E-state index in [1.54, 1.807) is 12.1 Å². The molecule has 3 atom stereocenters. The number of ether oxygens (including phenoxy) is 1. The van der Waals surface area contributed by atoms with Crippen LogP contribution in [0.5, 0.6) is 5.75 Å². The van der Waals surface area contributed by atoms with E-state index >= 15 is 0 Å². The molecule has 0 spiro atoms. The van der Waals surface area contributed by atoms with Crippen molar-refractivity contribution < 1.29 is 14.2 Å². The molecule has 3 nitrogen and oxygen atoms in total. The Bertz CT molecular complexity index is 407. The maximum atomic E-state index is 12.9. The van der Waals surface area contributed by atoms with Crippen LogP contribution in [-0.2, 0) is 0 Å². The third-order valence-electron chi connectivity index (χ3n) is 3.69. The second-order valence-corrected chi connectivity index (χ2v) is 5.94. The van der Waals surface area contributed by atoms with Crippen molar-refractivity contribution in [3.63, 3.8) is 0 Å². The molecule has 1 aromatic carbocycles. The highest BCUT2D eigenvalue weighted by Gasteiger charge is 2.33. The van der Waals surface area contributed by atoms with Gasteiger partial charge in [-0.1, -0.05) is 13.8 Å². The van der Waals surface area contributed by atoms with Crippen LogP contribution in [0.4, 0.5) is 4.39 Å². The van der Waals surface area contributed by atoms with Crippen LogP contribution in [0.25, 0.3) is 0 Å². The van der Waals surface area contributed by atoms with Gasteiger partial charge in [0.15, 0.2) is 0 Å². The minimum Gasteiger partial charge on any atom is -0.488 e. The zero-order chi connectivity index (χ0) is 14.5. The Morgan fingerprint density at radius 2 is 2.00 bits per heavy atom. The van der Waals surface area contributed by atoms with Crippen LogP contribution in [0.15, 0.2) is 24.3 Å². The van der Waals surface area contributed by atoms with Crippen LogP contribution in [0.3, 0.4) is 0 Å². The first-order chi connectivity index (χ1) is 9.56. The van der Waals surface area contributed by atoms with Gasteiger partial charge < -0.3 is 15.2 Å². The highest BCUT2D eigenvalue weighted by atomic mass is 19.1. The van der Waals surface area contributed by atoms with Crippen LogP contribution in [-0.4, -0.2) is 29.9 Å². The molecule has 0 saturated heterocycles. The highest BCUT2D eigenvalue weighted by molar-refractivity contribution is 5.22. The third kappa shape index (κ3) is 4.18. The number of benzene rings is 1. The SMILES string of the molecule is CC(C)CN[C@H]1CCC[C@@H](Oc2ccc(F)cc2)[C@@H]1O. The summed E-state index contributed by atoms with van der Waals surface area (Å²) in [5, 5.41) is 13.8. The number of rotatable bonds is 5. The predicted octanol–water partition coefficient (Wildman–Crippen LogP) is 2.73. The largest absolute Gasteiger partial charge is 0.488 e. The van der Waals surface area contributed by atoms with Crippen molar-refractivity contribution in [2.24, 2.45) is 5.92 Å². The number of aliphatic hydroxyl groups excluding tert-OH is 1. The van der Waals surface area contributed by atoms with Crippen molar-refractivity contribution in [1.82, 2.24) is 5.32 Å². The summed E-state index contributed by atoms with van der Waals surface area (Å²) in [6, 6.07) is 6.04. The first-order valence-corrected chi connectivity index (χ1v) is 7.40. The number of halogens is 1. The molecule has 0 heterocycles. The van der Waals surface area contributed by atoms with Crippen molar-refractivity contribution in [2.75, 3.05) is 6.54 Å². The summed E-state index contributed by atoms with van der Waals surface area (Å²) in [7, 11) is 0. The zero-order valence-corrected chi connectivity index (χ0v) is 12.2. The molecule has 0 unspecified atom stereocenters. The van der Waals surface area contributed by atoms with E-state index in [0.29, 0.717) is 11.7 Å². The Morgan fingerprint density at radius 3 is 2.65 bits per heavy atom. The Labute approximate surface area is 120 Å². The highest BCUT2D eigenvalue weighted by Crippen LogP contribution is 2.24. The average Bonchev–Trinajstić information content (AvgIpc) is 2.42. The molecule has 1 aromatic rings. The van der Waals surface area contributed by atoms with E-state index in [-0.39, 0.29) is 18.0 Å². The molecule has 20 heavy (non-hydrogen) atoms. The smallest absolute Gasteiger partial charge is 0.126 e. The van der Waals surface area contributed by atoms with E-state index in [1.807, 2.05) is 0 Å². The molecule has 2 rings (SSSR count). The van der Waals surface area contributed by atoms with Crippen LogP contribution >= 0.6 is 0 Å². The van der Waals surface area contributed by atoms with Crippen molar-refractivity contribution in [3.05, 3.63) is 30.1 Å². The fourth-order valence-electron chi connectivity index (χ4n) is 2.57. The molecular formula is C16H24FNO2. The van der Waals surface area contributed by atoms with Crippen molar-refractivity contribution in [2.45, 2.75) is 51.4 Å². The van der Waals surface area contributed by atoms with E-state index in [2.05, 4.69) is 19.2 Å². The summed E-state index contributed by atoms with van der Waals surface area (Å²) in [4.78, 5) is 0. The maximum absolute atomic E-state index is 12.9. The van der Waals surface area contributed by atoms with E-state index in [1.165, 1.54) is 12.1 Å². The monoisotopic (exact) mass is 281 g/mol. The summed E-state index contributed by atoms with van der Waals surface area (Å²) in [6.07, 6.45) is 2.08. The number of aliphatic hydroxyl groups is 1. The lowest BCUT2D eigenvalue weighted by Crippen LogP contribution is -2.51. The molecular weight excluding hydrogens is 257 g/mol. The third-order valence-corrected chi connectivity index (χ3v) is 3.69. The molecule has 0 aliphatic heterocycles. The average molecular weight is 281 g/mol. The topological polar surface area (TPSA) is 41.5 Å². The van der Waals surface area contributed by atoms with Crippen molar-refractivity contribution >= 4 is 0 Å². The van der Waals surface area contributed by atoms with E-state index in [0.717, 1.165) is 25.8 Å². The minimum atomic E-state index is -0.521. The summed E-state index contributed by atoms with van der Waals surface area (Å²) >= 11 is 0. The van der Waals surface area contributed by atoms with Gasteiger partial charge in [-0.2, -0.15) is 0 Å². The van der Waals surface area contributed by atoms with Gasteiger partial charge in [-0.05, 0) is 56.0 Å². The molecule has 1 fully saturated rings. The van der Waals surface area contributed by atoms with Crippen molar-refractivity contribution in [3.8, 4) is 5.75 Å². The zero-order valence-electron chi connectivity index (χ0n) is 12.2. The second-order valence-electron chi connectivity index (χ2n) is 5.94. The molecule has 112 valence electrons. The summed E-state index contributed by atoms with van der Waals surface area (Å²) in [5.74, 6) is 0.888. The quantitative estimate of drug-likeness (QED) is 0.872. The molecule has 0 aromatic heterocycles. The van der Waals surface area contributed by atoms with E-state index < -0.39 is 6.10 Å². The Morgan fingerprint density at radius 1 is 1.30 bits per heavy atom. The van der Waals surface area contributed by atoms with Crippen molar-refractivity contribution in [1.29, 1.82) is 0 Å². The van der Waals surface area contributed by atoms with Gasteiger partial charge in [-0.25, -0.2) is 4.39 Å². The summed E-state index contributed by atoms with van der Waals surface area (Å²) in [6.45, 7) is 5.19. The molecule has 1 aliphatic rings. The van der Waals surface area contributed by atoms with Crippen LogP contribution in [0, 0.1) is 11.7 Å².